The normalized spacial score (nSPS) is 48.3. The third-order valence-electron chi connectivity index (χ3n) is 25.3. The van der Waals surface area contributed by atoms with Gasteiger partial charge in [-0.3, -0.25) is 28.8 Å². The third kappa shape index (κ3) is 25.8. The summed E-state index contributed by atoms with van der Waals surface area (Å²) in [7, 11) is 0. The molecule has 6 amide bonds. The van der Waals surface area contributed by atoms with Crippen molar-refractivity contribution in [2.45, 2.75) is 386 Å². The Labute approximate surface area is 788 Å². The van der Waals surface area contributed by atoms with Crippen LogP contribution in [0.3, 0.4) is 0 Å². The zero-order valence-electron chi connectivity index (χ0n) is 75.4. The molecule has 0 saturated carbocycles. The average Bonchev–Trinajstić information content (AvgIpc) is 0.770. The maximum absolute atomic E-state index is 13.6. The Morgan fingerprint density at radius 2 is 0.446 bits per heavy atom. The van der Waals surface area contributed by atoms with Crippen molar-refractivity contribution < 1.29 is 271 Å². The highest BCUT2D eigenvalue weighted by atomic mass is 16.8. The fraction of sp³-hybridized carbons (Fsp3) is 0.923. The standard InChI is InChI=1S/C78H130N6O55/c1-18-41(99)54(112)57(115)74(121-18)139-66-55(113)45(103)28(11-88)126-77(66)135-62-31(14-91)128-73(40(53(62)111)84-24(7)98)138-67-58(116)63(133-70-37(81-21(4)95)49(107)43(101)26(9-86)124-70)32(15-92)129-78(67)136-64-47(105)34(130-75(59(64)117)134-61-30(13-90)127-72(39(52(61)110)83-23(6)97)132-60-29(12-89)122-68(118)35(51(60)109)79-19(2)93)17-120-76-65(137-71-38(82-22(5)96)50(108)44(102)27(10-87)125-71)56(114)46(104)33(131-76)16-119-69-36(80-20(3)94)48(106)42(100)25(8-85)123-69/h18,25-78,85-92,99-118H,8-17H2,1-7H3,(H,79,93)(H,80,94)(H,81,95)(H,82,96)(H,83,97)(H,84,98)/t18-,25+,26+,27+,28+,29+,30+,31+,32+,33+,34+,35+,36+,37+,38+,39+,40+,41+,42+,43+,44+,45-,46+,47+,48+,49+,50+,51+,52+,53+,54+,55-,56-,57-,58-,59-,60+,61+,62+,63+,64-,65-,66+,67-,68+,69+,70-,71-,72-,73-,74-,75-,76-,77-,78+/m0/s1. The topological polar surface area (TPSA) is 935 Å². The molecule has 0 radical (unpaired) electrons. The molecule has 0 spiro atoms. The lowest BCUT2D eigenvalue weighted by Crippen LogP contribution is -2.71. The molecule has 0 unspecified atom stereocenters. The van der Waals surface area contributed by atoms with Gasteiger partial charge in [-0.2, -0.15) is 0 Å². The summed E-state index contributed by atoms with van der Waals surface area (Å²) in [6, 6.07) is -11.4. The van der Waals surface area contributed by atoms with E-state index in [1.54, 1.807) is 0 Å². The van der Waals surface area contributed by atoms with Crippen molar-refractivity contribution >= 4 is 35.4 Å². The molecular formula is C78H130N6O55. The first-order valence-electron chi connectivity index (χ1n) is 44.5. The summed E-state index contributed by atoms with van der Waals surface area (Å²) in [5.74, 6) is -5.65. The van der Waals surface area contributed by atoms with Crippen molar-refractivity contribution in [1.29, 1.82) is 0 Å². The van der Waals surface area contributed by atoms with E-state index in [-0.39, 0.29) is 0 Å². The third-order valence-corrected chi connectivity index (χ3v) is 25.3. The van der Waals surface area contributed by atoms with E-state index < -0.39 is 439 Å². The highest BCUT2D eigenvalue weighted by molar-refractivity contribution is 5.75. The molecule has 11 rings (SSSR count). The number of aliphatic hydroxyl groups is 28. The van der Waals surface area contributed by atoms with Gasteiger partial charge in [0.1, 0.15) is 262 Å². The van der Waals surface area contributed by atoms with Crippen LogP contribution in [0.4, 0.5) is 0 Å². The molecule has 11 saturated heterocycles. The van der Waals surface area contributed by atoms with E-state index >= 15 is 0 Å². The van der Waals surface area contributed by atoms with Gasteiger partial charge in [0.25, 0.3) is 0 Å². The molecule has 0 aromatic heterocycles. The van der Waals surface area contributed by atoms with Gasteiger partial charge < -0.3 is 274 Å². The van der Waals surface area contributed by atoms with Gasteiger partial charge in [-0.05, 0) is 6.92 Å². The van der Waals surface area contributed by atoms with Crippen LogP contribution in [0.15, 0.2) is 0 Å². The van der Waals surface area contributed by atoms with Gasteiger partial charge >= 0.3 is 0 Å². The van der Waals surface area contributed by atoms with E-state index in [1.807, 2.05) is 0 Å². The Hall–Kier alpha value is -5.14. The minimum absolute atomic E-state index is 0.832. The summed E-state index contributed by atoms with van der Waals surface area (Å²) in [6.45, 7) is -4.87. The molecule has 11 heterocycles. The highest BCUT2D eigenvalue weighted by Crippen LogP contribution is 2.42. The van der Waals surface area contributed by atoms with Gasteiger partial charge in [0, 0.05) is 41.5 Å². The molecule has 34 N–H and O–H groups in total. The molecule has 55 atom stereocenters. The second-order valence-electron chi connectivity index (χ2n) is 35.3. The number of amides is 6. The quantitative estimate of drug-likeness (QED) is 0.0277. The minimum Gasteiger partial charge on any atom is -0.394 e. The van der Waals surface area contributed by atoms with E-state index in [9.17, 15) is 172 Å². The van der Waals surface area contributed by atoms with Crippen molar-refractivity contribution in [2.75, 3.05) is 66.1 Å². The smallest absolute Gasteiger partial charge is 0.217 e. The maximum atomic E-state index is 13.6. The van der Waals surface area contributed by atoms with Gasteiger partial charge in [0.15, 0.2) is 69.2 Å². The first-order valence-corrected chi connectivity index (χ1v) is 44.5. The summed E-state index contributed by atoms with van der Waals surface area (Å²) in [5, 5.41) is 334. The van der Waals surface area contributed by atoms with Crippen LogP contribution in [-0.2, 0) is 128 Å². The second kappa shape index (κ2) is 50.0. The molecular weight excluding hydrogens is 1900 g/mol. The number of carbonyl (C=O) groups is 6. The summed E-state index contributed by atoms with van der Waals surface area (Å²) in [4.78, 5) is 77.4. The Balaban J connectivity index is 1.01. The average molecular weight is 2030 g/mol. The van der Waals surface area contributed by atoms with Crippen LogP contribution in [0.2, 0.25) is 0 Å². The van der Waals surface area contributed by atoms with Crippen molar-refractivity contribution in [1.82, 2.24) is 31.9 Å². The number of aliphatic hydroxyl groups excluding tert-OH is 28. The first kappa shape index (κ1) is 114. The lowest BCUT2D eigenvalue weighted by molar-refractivity contribution is -0.407. The monoisotopic (exact) mass is 2030 g/mol. The Morgan fingerprint density at radius 1 is 0.201 bits per heavy atom. The predicted octanol–water partition coefficient (Wildman–Crippen LogP) is -23.1. The van der Waals surface area contributed by atoms with E-state index in [0.717, 1.165) is 41.5 Å². The minimum atomic E-state index is -2.77. The molecule has 11 fully saturated rings. The predicted molar refractivity (Wildman–Crippen MR) is 430 cm³/mol. The number of hydrogen-bond donors (Lipinski definition) is 34. The van der Waals surface area contributed by atoms with Crippen molar-refractivity contribution in [3.05, 3.63) is 0 Å². The van der Waals surface area contributed by atoms with Crippen molar-refractivity contribution in [3.8, 4) is 0 Å². The lowest BCUT2D eigenvalue weighted by atomic mass is 9.93. The van der Waals surface area contributed by atoms with Crippen LogP contribution in [0, 0.1) is 0 Å². The first-order chi connectivity index (χ1) is 65.7. The Kier molecular flexibility index (Phi) is 41.1. The molecule has 11 aliphatic heterocycles. The molecule has 61 heteroatoms. The zero-order chi connectivity index (χ0) is 102. The molecule has 139 heavy (non-hydrogen) atoms. The largest absolute Gasteiger partial charge is 0.394 e. The SMILES string of the molecule is CC(=O)N[C@@H]1[C@@H](O)[C@H](O[C@@H]2O[C@H](CO)[C@@H](O[C@@H]3O[C@H](CO[C@H]4O[C@H](CO[C@@H]5O[C@H](CO)[C@@H](O)[C@H](O)[C@H]5NC(C)=O)[C@@H](O)[C@H](O)[C@@H]4O[C@@H]4O[C@H](CO)[C@@H](O)[C@H](O)[C@H]4NC(C)=O)[C@@H](O)[C@H](O[C@H]4O[C@H](CO)[C@@H](O[C@@H]5O[C@H](CO)[C@@H](O)[C@H](O)[C@H]5NC(C)=O)[C@H](O)[C@@H]4O[C@@H]4O[C@H](CO)[C@@H](O[C@@H]5O[C@H](CO)[C@H](O)[C@H](O)[C@H]5O[C@@H]5O[C@@H](C)[C@@H](O)[C@@H](O)[C@@H]5O)[C@H](O)[C@H]4NC(C)=O)[C@@H]3O)[C@H](O)[C@H]2NC(C)=O)[C@@H](CO)O[C@H]1O. The van der Waals surface area contributed by atoms with Crippen LogP contribution in [0.1, 0.15) is 48.5 Å². The van der Waals surface area contributed by atoms with Crippen molar-refractivity contribution in [2.24, 2.45) is 0 Å². The summed E-state index contributed by atoms with van der Waals surface area (Å²) in [5.41, 5.74) is 0. The van der Waals surface area contributed by atoms with Crippen LogP contribution in [0.5, 0.6) is 0 Å². The fourth-order valence-electron chi connectivity index (χ4n) is 18.1. The number of rotatable bonds is 36. The van der Waals surface area contributed by atoms with Crippen LogP contribution in [0.25, 0.3) is 0 Å². The van der Waals surface area contributed by atoms with Gasteiger partial charge in [-0.25, -0.2) is 0 Å². The molecule has 0 aromatic carbocycles. The molecule has 0 bridgehead atoms. The molecule has 0 aromatic rings. The van der Waals surface area contributed by atoms with Crippen LogP contribution in [-0.4, -0.2) is 582 Å². The maximum Gasteiger partial charge on any atom is 0.217 e. The molecule has 11 aliphatic rings. The summed E-state index contributed by atoms with van der Waals surface area (Å²) in [6.07, 6.45) is -106. The number of carbonyl (C=O) groups excluding carboxylic acids is 6. The van der Waals surface area contributed by atoms with E-state index in [4.69, 9.17) is 99.5 Å². The Morgan fingerprint density at radius 3 is 0.849 bits per heavy atom. The van der Waals surface area contributed by atoms with E-state index in [0.29, 0.717) is 0 Å². The lowest BCUT2D eigenvalue weighted by Gasteiger charge is -2.52. The van der Waals surface area contributed by atoms with Gasteiger partial charge in [0.2, 0.25) is 35.4 Å². The van der Waals surface area contributed by atoms with Crippen LogP contribution >= 0.6 is 0 Å². The summed E-state index contributed by atoms with van der Waals surface area (Å²) >= 11 is 0. The second-order valence-corrected chi connectivity index (χ2v) is 35.3. The van der Waals surface area contributed by atoms with Gasteiger partial charge in [-0.1, -0.05) is 0 Å². The van der Waals surface area contributed by atoms with Gasteiger partial charge in [-0.15, -0.1) is 0 Å². The summed E-state index contributed by atoms with van der Waals surface area (Å²) < 4.78 is 128. The van der Waals surface area contributed by atoms with Crippen molar-refractivity contribution in [3.63, 3.8) is 0 Å². The van der Waals surface area contributed by atoms with E-state index in [2.05, 4.69) is 31.9 Å². The number of nitrogens with one attached hydrogen (secondary N) is 6. The zero-order valence-corrected chi connectivity index (χ0v) is 75.4. The van der Waals surface area contributed by atoms with Gasteiger partial charge in [0.05, 0.1) is 72.2 Å². The molecule has 61 nitrogen and oxygen atoms in total. The number of hydrogen-bond acceptors (Lipinski definition) is 55. The number of ether oxygens (including phenoxy) is 21. The fourth-order valence-corrected chi connectivity index (χ4v) is 18.1. The Bertz CT molecular complexity index is 3900. The van der Waals surface area contributed by atoms with Crippen LogP contribution < -0.4 is 31.9 Å². The molecule has 0 aliphatic carbocycles. The molecule has 802 valence electrons. The highest BCUT2D eigenvalue weighted by Gasteiger charge is 2.63. The van der Waals surface area contributed by atoms with E-state index in [1.165, 1.54) is 6.92 Å².